The molecule has 78 valence electrons. The second-order valence-electron chi connectivity index (χ2n) is 4.76. The van der Waals surface area contributed by atoms with Crippen molar-refractivity contribution in [2.24, 2.45) is 5.92 Å². The van der Waals surface area contributed by atoms with Gasteiger partial charge in [0.25, 0.3) is 0 Å². The average molecular weight is 186 g/mol. The first kappa shape index (κ1) is 11.0. The van der Waals surface area contributed by atoms with E-state index in [4.69, 9.17) is 4.74 Å². The molecule has 1 saturated carbocycles. The lowest BCUT2D eigenvalue weighted by Crippen LogP contribution is -2.30. The highest BCUT2D eigenvalue weighted by molar-refractivity contribution is 4.79. The van der Waals surface area contributed by atoms with Crippen LogP contribution in [0, 0.1) is 5.92 Å². The summed E-state index contributed by atoms with van der Waals surface area (Å²) in [5.74, 6) is 0.577. The zero-order chi connectivity index (χ0) is 9.90. The maximum Gasteiger partial charge on any atom is 0.0623 e. The Hall–Kier alpha value is -0.0800. The molecular formula is C11H22O2. The summed E-state index contributed by atoms with van der Waals surface area (Å²) in [7, 11) is 1.73. The largest absolute Gasteiger partial charge is 0.393 e. The molecule has 2 heteroatoms. The van der Waals surface area contributed by atoms with Crippen LogP contribution in [0.25, 0.3) is 0 Å². The zero-order valence-electron chi connectivity index (χ0n) is 9.05. The van der Waals surface area contributed by atoms with E-state index in [-0.39, 0.29) is 11.7 Å². The third-order valence-corrected chi connectivity index (χ3v) is 3.29. The number of hydrogen-bond donors (Lipinski definition) is 1. The Morgan fingerprint density at radius 3 is 2.46 bits per heavy atom. The summed E-state index contributed by atoms with van der Waals surface area (Å²) in [4.78, 5) is 0. The van der Waals surface area contributed by atoms with Gasteiger partial charge >= 0.3 is 0 Å². The van der Waals surface area contributed by atoms with E-state index in [1.165, 1.54) is 19.3 Å². The molecule has 1 fully saturated rings. The van der Waals surface area contributed by atoms with Gasteiger partial charge < -0.3 is 9.84 Å². The molecule has 1 rings (SSSR count). The van der Waals surface area contributed by atoms with Gasteiger partial charge in [-0.25, -0.2) is 0 Å². The first-order chi connectivity index (χ1) is 6.05. The lowest BCUT2D eigenvalue weighted by molar-refractivity contribution is -0.0118. The first-order valence-corrected chi connectivity index (χ1v) is 5.28. The fourth-order valence-electron chi connectivity index (χ4n) is 1.66. The van der Waals surface area contributed by atoms with Gasteiger partial charge in [-0.05, 0) is 45.4 Å². The minimum Gasteiger partial charge on any atom is -0.393 e. The molecule has 1 aliphatic rings. The Labute approximate surface area is 81.3 Å². The molecule has 13 heavy (non-hydrogen) atoms. The minimum absolute atomic E-state index is 0.0786. The van der Waals surface area contributed by atoms with Crippen LogP contribution in [-0.4, -0.2) is 23.9 Å². The molecular weight excluding hydrogens is 164 g/mol. The topological polar surface area (TPSA) is 29.5 Å². The van der Waals surface area contributed by atoms with Gasteiger partial charge in [-0.1, -0.05) is 6.42 Å². The van der Waals surface area contributed by atoms with Crippen molar-refractivity contribution in [1.29, 1.82) is 0 Å². The smallest absolute Gasteiger partial charge is 0.0623 e. The van der Waals surface area contributed by atoms with Gasteiger partial charge in [0, 0.05) is 7.11 Å². The molecule has 2 nitrogen and oxygen atoms in total. The number of hydrogen-bond acceptors (Lipinski definition) is 2. The predicted molar refractivity (Wildman–Crippen MR) is 53.7 cm³/mol. The summed E-state index contributed by atoms with van der Waals surface area (Å²) in [6.45, 7) is 4.14. The van der Waals surface area contributed by atoms with Gasteiger partial charge in [0.2, 0.25) is 0 Å². The molecule has 1 N–H and O–H groups in total. The van der Waals surface area contributed by atoms with Crippen LogP contribution in [-0.2, 0) is 4.74 Å². The van der Waals surface area contributed by atoms with E-state index in [1.807, 2.05) is 0 Å². The highest BCUT2D eigenvalue weighted by Crippen LogP contribution is 2.32. The number of ether oxygens (including phenoxy) is 1. The van der Waals surface area contributed by atoms with E-state index in [1.54, 1.807) is 7.11 Å². The van der Waals surface area contributed by atoms with Gasteiger partial charge in [0.15, 0.2) is 0 Å². The minimum atomic E-state index is -0.0943. The van der Waals surface area contributed by atoms with Crippen molar-refractivity contribution in [3.05, 3.63) is 0 Å². The third kappa shape index (κ3) is 3.28. The summed E-state index contributed by atoms with van der Waals surface area (Å²) in [5, 5.41) is 9.77. The summed E-state index contributed by atoms with van der Waals surface area (Å²) in [6.07, 6.45) is 5.47. The first-order valence-electron chi connectivity index (χ1n) is 5.28. The molecule has 0 spiro atoms. The van der Waals surface area contributed by atoms with E-state index >= 15 is 0 Å². The summed E-state index contributed by atoms with van der Waals surface area (Å²) in [6, 6.07) is 0. The maximum absolute atomic E-state index is 9.77. The van der Waals surface area contributed by atoms with Crippen molar-refractivity contribution in [3.8, 4) is 0 Å². The van der Waals surface area contributed by atoms with Crippen LogP contribution in [0.3, 0.4) is 0 Å². The maximum atomic E-state index is 9.77. The summed E-state index contributed by atoms with van der Waals surface area (Å²) < 4.78 is 5.31. The van der Waals surface area contributed by atoms with Crippen molar-refractivity contribution < 1.29 is 9.84 Å². The van der Waals surface area contributed by atoms with Crippen molar-refractivity contribution in [3.63, 3.8) is 0 Å². The van der Waals surface area contributed by atoms with Crippen LogP contribution in [0.2, 0.25) is 0 Å². The van der Waals surface area contributed by atoms with Crippen molar-refractivity contribution in [2.45, 2.75) is 57.7 Å². The molecule has 0 amide bonds. The van der Waals surface area contributed by atoms with Crippen molar-refractivity contribution >= 4 is 0 Å². The summed E-state index contributed by atoms with van der Waals surface area (Å²) >= 11 is 0. The van der Waals surface area contributed by atoms with Crippen LogP contribution in [0.5, 0.6) is 0 Å². The van der Waals surface area contributed by atoms with E-state index < -0.39 is 0 Å². The number of aliphatic hydroxyl groups excluding tert-OH is 1. The van der Waals surface area contributed by atoms with E-state index in [0.717, 1.165) is 12.8 Å². The van der Waals surface area contributed by atoms with Gasteiger partial charge in [0.1, 0.15) is 0 Å². The predicted octanol–water partition coefficient (Wildman–Crippen LogP) is 2.35. The number of aliphatic hydroxyl groups is 1. The molecule has 0 bridgehead atoms. The van der Waals surface area contributed by atoms with Gasteiger partial charge in [-0.15, -0.1) is 0 Å². The second kappa shape index (κ2) is 4.43. The van der Waals surface area contributed by atoms with Crippen LogP contribution in [0.4, 0.5) is 0 Å². The van der Waals surface area contributed by atoms with E-state index in [0.29, 0.717) is 5.92 Å². The SMILES string of the molecule is COC(C)(C)CCC(O)C1CCC1. The third-order valence-electron chi connectivity index (χ3n) is 3.29. The fraction of sp³-hybridized carbons (Fsp3) is 1.00. The van der Waals surface area contributed by atoms with Crippen LogP contribution >= 0.6 is 0 Å². The van der Waals surface area contributed by atoms with Gasteiger partial charge in [0.05, 0.1) is 11.7 Å². The van der Waals surface area contributed by atoms with Gasteiger partial charge in [-0.2, -0.15) is 0 Å². The molecule has 1 aliphatic carbocycles. The molecule has 0 radical (unpaired) electrons. The van der Waals surface area contributed by atoms with Crippen LogP contribution < -0.4 is 0 Å². The van der Waals surface area contributed by atoms with E-state index in [9.17, 15) is 5.11 Å². The van der Waals surface area contributed by atoms with Gasteiger partial charge in [-0.3, -0.25) is 0 Å². The Bertz CT molecular complexity index is 150. The second-order valence-corrected chi connectivity index (χ2v) is 4.76. The molecule has 1 atom stereocenters. The molecule has 0 heterocycles. The Morgan fingerprint density at radius 1 is 1.46 bits per heavy atom. The molecule has 1 unspecified atom stereocenters. The fourth-order valence-corrected chi connectivity index (χ4v) is 1.66. The van der Waals surface area contributed by atoms with E-state index in [2.05, 4.69) is 13.8 Å². The van der Waals surface area contributed by atoms with Crippen molar-refractivity contribution in [1.82, 2.24) is 0 Å². The quantitative estimate of drug-likeness (QED) is 0.714. The number of rotatable bonds is 5. The molecule has 0 aromatic heterocycles. The van der Waals surface area contributed by atoms with Crippen molar-refractivity contribution in [2.75, 3.05) is 7.11 Å². The standard InChI is InChI=1S/C11H22O2/c1-11(2,13-3)8-7-10(12)9-5-4-6-9/h9-10,12H,4-8H2,1-3H3. The molecule has 0 aromatic carbocycles. The molecule has 0 aromatic rings. The molecule has 0 saturated heterocycles. The lowest BCUT2D eigenvalue weighted by atomic mass is 9.79. The summed E-state index contributed by atoms with van der Waals surface area (Å²) in [5.41, 5.74) is -0.0786. The lowest BCUT2D eigenvalue weighted by Gasteiger charge is -2.32. The Morgan fingerprint density at radius 2 is 2.08 bits per heavy atom. The van der Waals surface area contributed by atoms with Crippen LogP contribution in [0.15, 0.2) is 0 Å². The highest BCUT2D eigenvalue weighted by atomic mass is 16.5. The molecule has 0 aliphatic heterocycles. The highest BCUT2D eigenvalue weighted by Gasteiger charge is 2.27. The number of methoxy groups -OCH3 is 1. The van der Waals surface area contributed by atoms with Crippen LogP contribution in [0.1, 0.15) is 46.0 Å². The Balaban J connectivity index is 2.17. The monoisotopic (exact) mass is 186 g/mol. The normalized spacial score (nSPS) is 21.2. The Kier molecular flexibility index (Phi) is 3.74. The average Bonchev–Trinajstić information content (AvgIpc) is 1.98. The zero-order valence-corrected chi connectivity index (χ0v) is 9.05.